The van der Waals surface area contributed by atoms with Crippen LogP contribution in [0.5, 0.6) is 5.75 Å². The molecule has 11 nitrogen and oxygen atoms in total. The molecule has 1 saturated heterocycles. The molecule has 270 valence electrons. The number of aryl methyl sites for hydroxylation is 2. The van der Waals surface area contributed by atoms with Gasteiger partial charge in [0.1, 0.15) is 22.6 Å². The largest absolute Gasteiger partial charge is 0.494 e. The van der Waals surface area contributed by atoms with E-state index in [0.29, 0.717) is 68.1 Å². The molecule has 51 heavy (non-hydrogen) atoms. The summed E-state index contributed by atoms with van der Waals surface area (Å²) in [6.07, 6.45) is 7.58. The smallest absolute Gasteiger partial charge is 0.254 e. The third-order valence-corrected chi connectivity index (χ3v) is 12.5. The van der Waals surface area contributed by atoms with Gasteiger partial charge in [0, 0.05) is 55.0 Å². The lowest BCUT2D eigenvalue weighted by atomic mass is 9.43. The topological polar surface area (TPSA) is 130 Å². The van der Waals surface area contributed by atoms with E-state index in [4.69, 9.17) is 25.2 Å². The lowest BCUT2D eigenvalue weighted by Crippen LogP contribution is -2.66. The van der Waals surface area contributed by atoms with Crippen LogP contribution in [-0.4, -0.2) is 80.4 Å². The minimum atomic E-state index is -0.942. The van der Waals surface area contributed by atoms with E-state index in [1.54, 1.807) is 18.1 Å². The third-order valence-electron chi connectivity index (χ3n) is 12.5. The van der Waals surface area contributed by atoms with Crippen molar-refractivity contribution in [3.8, 4) is 17.3 Å². The molecule has 0 spiro atoms. The fraction of sp³-hybridized carbons (Fsp3) is 0.590. The number of carbonyl (C=O) groups is 2. The number of hydrogen-bond acceptors (Lipinski definition) is 7. The second-order valence-electron chi connectivity index (χ2n) is 16.3. The Bertz CT molecular complexity index is 2040. The average molecular weight is 698 g/mol. The summed E-state index contributed by atoms with van der Waals surface area (Å²) in [7, 11) is 3.60. The Balaban J connectivity index is 0.992. The van der Waals surface area contributed by atoms with Crippen molar-refractivity contribution in [1.29, 1.82) is 0 Å². The van der Waals surface area contributed by atoms with Gasteiger partial charge in [-0.3, -0.25) is 9.59 Å². The molecule has 5 heterocycles. The molecule has 4 bridgehead atoms. The van der Waals surface area contributed by atoms with Crippen molar-refractivity contribution in [2.24, 2.45) is 30.0 Å². The van der Waals surface area contributed by atoms with Crippen molar-refractivity contribution in [2.75, 3.05) is 26.8 Å². The molecule has 0 radical (unpaired) electrons. The molecule has 3 N–H and O–H groups in total. The van der Waals surface area contributed by atoms with Gasteiger partial charge in [0.15, 0.2) is 5.82 Å². The Kier molecular flexibility index (Phi) is 7.74. The number of carbonyl (C=O) groups excluding carboxylic acids is 2. The summed E-state index contributed by atoms with van der Waals surface area (Å²) >= 11 is 0. The maximum atomic E-state index is 14.0. The molecule has 2 amide bonds. The SMILES string of the molecule is COc1cc(C(=O)N2CC[C@@H](OCC34CC(F)(C3)C4)[C@@H](N)C2)cc2nc(-c3cc4ccc5nc4n3CCCCC[C@@H]3C[C@H]3C(=O)N[C@@H]5C)n(C)c12. The van der Waals surface area contributed by atoms with Crippen molar-refractivity contribution in [3.05, 3.63) is 41.6 Å². The van der Waals surface area contributed by atoms with E-state index in [0.717, 1.165) is 72.4 Å². The van der Waals surface area contributed by atoms with Gasteiger partial charge < -0.3 is 34.6 Å². The standard InChI is InChI=1S/C39H48FN7O4/c1-22-28-9-8-24-15-30(47(34(24)43-28)11-6-4-5-7-23-13-26(23)36(48)42-22)35-44-29-14-25(16-32(50-3)33(29)45(35)2)37(49)46-12-10-31(27(41)17-46)51-21-38-18-39(40,19-38)20-38/h8-9,14-16,22-23,26-27,31H,4-7,10-13,17-21,41H2,1-3H3,(H,42,48)/t22-,23-,26-,27+,31-,38?,39?/m1/s1. The molecule has 0 unspecified atom stereocenters. The minimum absolute atomic E-state index is 0.00647. The lowest BCUT2D eigenvalue weighted by Gasteiger charge is -2.65. The van der Waals surface area contributed by atoms with Crippen molar-refractivity contribution < 1.29 is 23.5 Å². The first-order valence-corrected chi connectivity index (χ1v) is 18.7. The molecule has 12 heteroatoms. The van der Waals surface area contributed by atoms with E-state index < -0.39 is 5.67 Å². The van der Waals surface area contributed by atoms with Crippen LogP contribution in [0.1, 0.15) is 86.8 Å². The number of hydrogen-bond donors (Lipinski definition) is 2. The number of rotatable bonds is 6. The number of benzene rings is 1. The van der Waals surface area contributed by atoms with Crippen LogP contribution in [0.2, 0.25) is 0 Å². The second-order valence-corrected chi connectivity index (χ2v) is 16.3. The van der Waals surface area contributed by atoms with Crippen molar-refractivity contribution in [2.45, 2.75) is 95.1 Å². The fourth-order valence-electron chi connectivity index (χ4n) is 9.58. The summed E-state index contributed by atoms with van der Waals surface area (Å²) in [5.74, 6) is 2.00. The zero-order valence-corrected chi connectivity index (χ0v) is 29.8. The summed E-state index contributed by atoms with van der Waals surface area (Å²) in [6.45, 7) is 4.27. The summed E-state index contributed by atoms with van der Waals surface area (Å²) in [4.78, 5) is 38.9. The molecular formula is C39H48FN7O4. The Hall–Kier alpha value is -4.03. The highest BCUT2D eigenvalue weighted by atomic mass is 19.1. The van der Waals surface area contributed by atoms with Gasteiger partial charge in [0.2, 0.25) is 5.91 Å². The first-order chi connectivity index (χ1) is 24.5. The molecule has 4 aliphatic carbocycles. The Morgan fingerprint density at radius 2 is 1.92 bits per heavy atom. The molecule has 1 aromatic carbocycles. The second kappa shape index (κ2) is 12.0. The predicted molar refractivity (Wildman–Crippen MR) is 191 cm³/mol. The Morgan fingerprint density at radius 1 is 1.10 bits per heavy atom. The number of fused-ring (bicyclic) bond motifs is 3. The molecule has 5 atom stereocenters. The number of piperidine rings is 1. The number of pyridine rings is 1. The minimum Gasteiger partial charge on any atom is -0.494 e. The van der Waals surface area contributed by atoms with E-state index in [1.807, 2.05) is 30.7 Å². The maximum Gasteiger partial charge on any atom is 0.254 e. The fourth-order valence-corrected chi connectivity index (χ4v) is 9.58. The molecule has 4 saturated carbocycles. The number of halogens is 1. The summed E-state index contributed by atoms with van der Waals surface area (Å²) in [6, 6.07) is 9.37. The van der Waals surface area contributed by atoms with Crippen LogP contribution in [0.15, 0.2) is 30.3 Å². The number of alkyl halides is 1. The maximum absolute atomic E-state index is 14.0. The van der Waals surface area contributed by atoms with Crippen LogP contribution in [0, 0.1) is 17.3 Å². The molecule has 6 aliphatic rings. The van der Waals surface area contributed by atoms with Gasteiger partial charge in [0.25, 0.3) is 5.91 Å². The number of nitrogens with zero attached hydrogens (tertiary/aromatic N) is 5. The summed E-state index contributed by atoms with van der Waals surface area (Å²) < 4.78 is 30.4. The number of likely N-dealkylation sites (tertiary alicyclic amines) is 1. The van der Waals surface area contributed by atoms with Gasteiger partial charge in [-0.15, -0.1) is 0 Å². The molecular weight excluding hydrogens is 649 g/mol. The number of imidazole rings is 1. The number of methoxy groups -OCH3 is 1. The van der Waals surface area contributed by atoms with Gasteiger partial charge >= 0.3 is 0 Å². The quantitative estimate of drug-likeness (QED) is 0.275. The van der Waals surface area contributed by atoms with Gasteiger partial charge in [-0.2, -0.15) is 0 Å². The van der Waals surface area contributed by atoms with E-state index in [9.17, 15) is 14.0 Å². The number of ether oxygens (including phenoxy) is 2. The Labute approximate surface area is 297 Å². The van der Waals surface area contributed by atoms with Gasteiger partial charge in [0.05, 0.1) is 42.8 Å². The molecule has 5 fully saturated rings. The molecule has 10 rings (SSSR count). The zero-order chi connectivity index (χ0) is 35.2. The number of amides is 2. The van der Waals surface area contributed by atoms with Crippen LogP contribution in [0.25, 0.3) is 33.6 Å². The predicted octanol–water partition coefficient (Wildman–Crippen LogP) is 5.44. The van der Waals surface area contributed by atoms with Crippen molar-refractivity contribution >= 4 is 33.9 Å². The van der Waals surface area contributed by atoms with Crippen LogP contribution < -0.4 is 15.8 Å². The first-order valence-electron chi connectivity index (χ1n) is 18.7. The third kappa shape index (κ3) is 5.60. The van der Waals surface area contributed by atoms with E-state index in [-0.39, 0.29) is 41.3 Å². The van der Waals surface area contributed by atoms with Gasteiger partial charge in [-0.1, -0.05) is 12.8 Å². The van der Waals surface area contributed by atoms with E-state index in [2.05, 4.69) is 22.0 Å². The van der Waals surface area contributed by atoms with Crippen LogP contribution in [0.3, 0.4) is 0 Å². The van der Waals surface area contributed by atoms with Crippen LogP contribution in [-0.2, 0) is 23.1 Å². The number of nitrogens with two attached hydrogens (primary N) is 1. The lowest BCUT2D eigenvalue weighted by molar-refractivity contribution is -0.245. The normalized spacial score (nSPS) is 31.8. The number of aromatic nitrogens is 4. The monoisotopic (exact) mass is 697 g/mol. The van der Waals surface area contributed by atoms with Crippen LogP contribution in [0.4, 0.5) is 4.39 Å². The van der Waals surface area contributed by atoms with Crippen molar-refractivity contribution in [3.63, 3.8) is 0 Å². The van der Waals surface area contributed by atoms with Crippen LogP contribution >= 0.6 is 0 Å². The van der Waals surface area contributed by atoms with Crippen molar-refractivity contribution in [1.82, 2.24) is 29.3 Å². The summed E-state index contributed by atoms with van der Waals surface area (Å²) in [5.41, 5.74) is 10.2. The van der Waals surface area contributed by atoms with Gasteiger partial charge in [-0.25, -0.2) is 14.4 Å². The Morgan fingerprint density at radius 3 is 2.69 bits per heavy atom. The van der Waals surface area contributed by atoms with E-state index in [1.165, 1.54) is 0 Å². The highest BCUT2D eigenvalue weighted by molar-refractivity contribution is 6.00. The highest BCUT2D eigenvalue weighted by Gasteiger charge is 2.69. The highest BCUT2D eigenvalue weighted by Crippen LogP contribution is 2.69. The first kappa shape index (κ1) is 32.8. The van der Waals surface area contributed by atoms with E-state index >= 15 is 0 Å². The number of nitrogens with one attached hydrogen (secondary N) is 1. The molecule has 3 aromatic heterocycles. The average Bonchev–Trinajstić information content (AvgIpc) is 3.68. The molecule has 4 aromatic rings. The molecule has 2 aliphatic heterocycles. The zero-order valence-electron chi connectivity index (χ0n) is 29.8. The summed E-state index contributed by atoms with van der Waals surface area (Å²) in [5, 5.41) is 4.22. The van der Waals surface area contributed by atoms with Gasteiger partial charge in [-0.05, 0) is 88.1 Å².